The molecule has 3 nitrogen and oxygen atoms in total. The molecule has 2 aromatic rings. The zero-order valence-electron chi connectivity index (χ0n) is 11.8. The van der Waals surface area contributed by atoms with Crippen LogP contribution in [0.5, 0.6) is 5.75 Å². The summed E-state index contributed by atoms with van der Waals surface area (Å²) in [6.45, 7) is 0.598. The zero-order chi connectivity index (χ0) is 13.8. The predicted octanol–water partition coefficient (Wildman–Crippen LogP) is 3.67. The average molecular weight is 270 g/mol. The largest absolute Gasteiger partial charge is 0.491 e. The maximum Gasteiger partial charge on any atom is 0.130 e. The molecule has 0 radical (unpaired) electrons. The minimum absolute atomic E-state index is 0.166. The fourth-order valence-corrected chi connectivity index (χ4v) is 2.99. The molecule has 0 bridgehead atoms. The number of benzene rings is 1. The van der Waals surface area contributed by atoms with Crippen molar-refractivity contribution in [1.82, 2.24) is 4.98 Å². The first-order valence-corrected chi connectivity index (χ1v) is 7.52. The number of nitrogens with two attached hydrogens (primary N) is 1. The first kappa shape index (κ1) is 13.4. The van der Waals surface area contributed by atoms with Gasteiger partial charge in [0.05, 0.1) is 11.1 Å². The number of rotatable bonds is 3. The molecular weight excluding hydrogens is 248 g/mol. The second-order valence-electron chi connectivity index (χ2n) is 5.89. The lowest BCUT2D eigenvalue weighted by Gasteiger charge is -2.28. The lowest BCUT2D eigenvalue weighted by Crippen LogP contribution is -2.45. The first-order chi connectivity index (χ1) is 9.77. The van der Waals surface area contributed by atoms with Gasteiger partial charge in [0.2, 0.25) is 0 Å². The summed E-state index contributed by atoms with van der Waals surface area (Å²) in [4.78, 5) is 4.36. The molecule has 1 aliphatic rings. The Labute approximate surface area is 120 Å². The molecule has 0 spiro atoms. The maximum atomic E-state index is 6.51. The van der Waals surface area contributed by atoms with Gasteiger partial charge in [0.25, 0.3) is 0 Å². The van der Waals surface area contributed by atoms with Gasteiger partial charge in [-0.3, -0.25) is 4.98 Å². The summed E-state index contributed by atoms with van der Waals surface area (Å²) in [6.07, 6.45) is 8.97. The highest BCUT2D eigenvalue weighted by Gasteiger charge is 2.27. The predicted molar refractivity (Wildman–Crippen MR) is 81.9 cm³/mol. The molecule has 0 aliphatic heterocycles. The van der Waals surface area contributed by atoms with Crippen LogP contribution in [0.3, 0.4) is 0 Å². The lowest BCUT2D eigenvalue weighted by atomic mass is 9.92. The number of fused-ring (bicyclic) bond motifs is 1. The van der Waals surface area contributed by atoms with Crippen LogP contribution in [0.4, 0.5) is 0 Å². The van der Waals surface area contributed by atoms with Crippen LogP contribution in [0, 0.1) is 0 Å². The molecule has 3 heteroatoms. The van der Waals surface area contributed by atoms with E-state index in [0.29, 0.717) is 6.61 Å². The van der Waals surface area contributed by atoms with Crippen molar-refractivity contribution in [2.24, 2.45) is 5.73 Å². The van der Waals surface area contributed by atoms with Crippen molar-refractivity contribution in [2.75, 3.05) is 6.61 Å². The van der Waals surface area contributed by atoms with Crippen LogP contribution in [0.1, 0.15) is 38.5 Å². The van der Waals surface area contributed by atoms with Crippen molar-refractivity contribution in [2.45, 2.75) is 44.1 Å². The number of aromatic nitrogens is 1. The Morgan fingerprint density at radius 2 is 1.80 bits per heavy atom. The number of ether oxygens (including phenoxy) is 1. The monoisotopic (exact) mass is 270 g/mol. The zero-order valence-corrected chi connectivity index (χ0v) is 11.8. The van der Waals surface area contributed by atoms with E-state index < -0.39 is 0 Å². The minimum Gasteiger partial charge on any atom is -0.491 e. The highest BCUT2D eigenvalue weighted by atomic mass is 16.5. The highest BCUT2D eigenvalue weighted by molar-refractivity contribution is 5.84. The maximum absolute atomic E-state index is 6.51. The van der Waals surface area contributed by atoms with Crippen LogP contribution < -0.4 is 10.5 Å². The van der Waals surface area contributed by atoms with E-state index in [9.17, 15) is 0 Å². The topological polar surface area (TPSA) is 48.1 Å². The Morgan fingerprint density at radius 3 is 2.60 bits per heavy atom. The number of hydrogen-bond acceptors (Lipinski definition) is 3. The summed E-state index contributed by atoms with van der Waals surface area (Å²) in [5, 5.41) is 1.06. The summed E-state index contributed by atoms with van der Waals surface area (Å²) in [7, 11) is 0. The molecular formula is C17H22N2O. The first-order valence-electron chi connectivity index (χ1n) is 7.52. The Balaban J connectivity index is 1.76. The van der Waals surface area contributed by atoms with E-state index in [-0.39, 0.29) is 5.54 Å². The number of para-hydroxylation sites is 1. The van der Waals surface area contributed by atoms with E-state index in [4.69, 9.17) is 10.5 Å². The summed E-state index contributed by atoms with van der Waals surface area (Å²) < 4.78 is 6.05. The van der Waals surface area contributed by atoms with Gasteiger partial charge >= 0.3 is 0 Å². The van der Waals surface area contributed by atoms with Crippen LogP contribution in [-0.2, 0) is 0 Å². The van der Waals surface area contributed by atoms with Gasteiger partial charge in [-0.2, -0.15) is 0 Å². The van der Waals surface area contributed by atoms with Crippen molar-refractivity contribution in [3.63, 3.8) is 0 Å². The summed E-state index contributed by atoms with van der Waals surface area (Å²) in [5.41, 5.74) is 7.31. The van der Waals surface area contributed by atoms with Gasteiger partial charge < -0.3 is 10.5 Å². The average Bonchev–Trinajstić information content (AvgIpc) is 2.70. The van der Waals surface area contributed by atoms with E-state index in [1.807, 2.05) is 30.3 Å². The van der Waals surface area contributed by atoms with Crippen molar-refractivity contribution < 1.29 is 4.74 Å². The van der Waals surface area contributed by atoms with E-state index in [1.165, 1.54) is 25.7 Å². The molecule has 106 valence electrons. The van der Waals surface area contributed by atoms with E-state index >= 15 is 0 Å². The molecule has 1 aliphatic carbocycles. The molecule has 3 rings (SSSR count). The lowest BCUT2D eigenvalue weighted by molar-refractivity contribution is 0.201. The fraction of sp³-hybridized carbons (Fsp3) is 0.471. The Kier molecular flexibility index (Phi) is 3.88. The van der Waals surface area contributed by atoms with Crippen LogP contribution in [-0.4, -0.2) is 17.1 Å². The van der Waals surface area contributed by atoms with Gasteiger partial charge in [-0.25, -0.2) is 0 Å². The molecule has 1 aromatic carbocycles. The molecule has 1 fully saturated rings. The van der Waals surface area contributed by atoms with Crippen molar-refractivity contribution in [3.8, 4) is 5.75 Å². The van der Waals surface area contributed by atoms with Crippen molar-refractivity contribution >= 4 is 10.9 Å². The van der Waals surface area contributed by atoms with Gasteiger partial charge in [0.15, 0.2) is 0 Å². The molecule has 1 saturated carbocycles. The number of pyridine rings is 1. The van der Waals surface area contributed by atoms with E-state index in [1.54, 1.807) is 6.20 Å². The molecule has 1 aromatic heterocycles. The normalized spacial score (nSPS) is 18.6. The number of nitrogens with zero attached hydrogens (tertiary/aromatic N) is 1. The van der Waals surface area contributed by atoms with Crippen molar-refractivity contribution in [3.05, 3.63) is 36.5 Å². The minimum atomic E-state index is -0.166. The quantitative estimate of drug-likeness (QED) is 0.866. The number of hydrogen-bond donors (Lipinski definition) is 1. The molecule has 2 N–H and O–H groups in total. The second kappa shape index (κ2) is 5.80. The van der Waals surface area contributed by atoms with Gasteiger partial charge in [-0.05, 0) is 31.0 Å². The second-order valence-corrected chi connectivity index (χ2v) is 5.89. The van der Waals surface area contributed by atoms with Crippen molar-refractivity contribution in [1.29, 1.82) is 0 Å². The third kappa shape index (κ3) is 2.93. The van der Waals surface area contributed by atoms with Crippen LogP contribution in [0.2, 0.25) is 0 Å². The molecule has 0 amide bonds. The molecule has 1 heterocycles. The Hall–Kier alpha value is -1.61. The third-order valence-corrected chi connectivity index (χ3v) is 4.22. The fourth-order valence-electron chi connectivity index (χ4n) is 2.99. The van der Waals surface area contributed by atoms with Gasteiger partial charge in [-0.1, -0.05) is 37.8 Å². The highest BCUT2D eigenvalue weighted by Crippen LogP contribution is 2.28. The Bertz CT molecular complexity index is 569. The summed E-state index contributed by atoms with van der Waals surface area (Å²) in [6, 6.07) is 10.00. The molecule has 20 heavy (non-hydrogen) atoms. The summed E-state index contributed by atoms with van der Waals surface area (Å²) >= 11 is 0. The van der Waals surface area contributed by atoms with Gasteiger partial charge in [-0.15, -0.1) is 0 Å². The molecule has 0 atom stereocenters. The van der Waals surface area contributed by atoms with Crippen LogP contribution in [0.25, 0.3) is 10.9 Å². The van der Waals surface area contributed by atoms with Crippen LogP contribution in [0.15, 0.2) is 36.5 Å². The SMILES string of the molecule is NC1(COc2ccnc3ccccc23)CCCCCC1. The van der Waals surface area contributed by atoms with E-state index in [0.717, 1.165) is 29.5 Å². The van der Waals surface area contributed by atoms with E-state index in [2.05, 4.69) is 4.98 Å². The smallest absolute Gasteiger partial charge is 0.130 e. The van der Waals surface area contributed by atoms with Gasteiger partial charge in [0.1, 0.15) is 12.4 Å². The molecule has 0 unspecified atom stereocenters. The molecule has 0 saturated heterocycles. The summed E-state index contributed by atoms with van der Waals surface area (Å²) in [5.74, 6) is 0.893. The Morgan fingerprint density at radius 1 is 1.05 bits per heavy atom. The van der Waals surface area contributed by atoms with Crippen LogP contribution >= 0.6 is 0 Å². The van der Waals surface area contributed by atoms with Gasteiger partial charge in [0, 0.05) is 11.6 Å². The third-order valence-electron chi connectivity index (χ3n) is 4.22. The standard InChI is InChI=1S/C17H22N2O/c18-17(10-5-1-2-6-11-17)13-20-16-9-12-19-15-8-4-3-7-14(15)16/h3-4,7-9,12H,1-2,5-6,10-11,13,18H2.